The Morgan fingerprint density at radius 1 is 0.786 bits per heavy atom. The van der Waals surface area contributed by atoms with Crippen LogP contribution in [0.2, 0.25) is 0 Å². The molecule has 0 saturated heterocycles. The molecule has 3 aromatic carbocycles. The van der Waals surface area contributed by atoms with Crippen LogP contribution in [0, 0.1) is 0 Å². The zero-order valence-electron chi connectivity index (χ0n) is 24.2. The monoisotopic (exact) mass is 568 g/mol. The topological polar surface area (TPSA) is 126 Å². The fraction of sp³-hybridized carbons (Fsp3) is 0.250. The van der Waals surface area contributed by atoms with E-state index >= 15 is 0 Å². The summed E-state index contributed by atoms with van der Waals surface area (Å²) >= 11 is 0. The second kappa shape index (κ2) is 13.0. The van der Waals surface area contributed by atoms with E-state index in [4.69, 9.17) is 4.74 Å². The molecule has 10 nitrogen and oxygen atoms in total. The largest absolute Gasteiger partial charge is 0.448 e. The summed E-state index contributed by atoms with van der Waals surface area (Å²) in [5.41, 5.74) is 1.90. The molecule has 1 heterocycles. The lowest BCUT2D eigenvalue weighted by molar-refractivity contribution is -0.136. The molecule has 0 atom stereocenters. The number of hydrogen-bond acceptors (Lipinski definition) is 6. The van der Waals surface area contributed by atoms with Crippen LogP contribution >= 0.6 is 0 Å². The van der Waals surface area contributed by atoms with Crippen molar-refractivity contribution >= 4 is 29.4 Å². The molecule has 0 bridgehead atoms. The number of rotatable bonds is 9. The molecule has 0 aliphatic carbocycles. The van der Waals surface area contributed by atoms with Gasteiger partial charge in [0.25, 0.3) is 0 Å². The molecule has 0 unspecified atom stereocenters. The Morgan fingerprint density at radius 3 is 1.76 bits per heavy atom. The number of nitrogens with one attached hydrogen (secondary N) is 4. The third-order valence-corrected chi connectivity index (χ3v) is 6.42. The van der Waals surface area contributed by atoms with Gasteiger partial charge in [0, 0.05) is 12.6 Å². The number of alkyl carbamates (subject to hydrolysis) is 1. The summed E-state index contributed by atoms with van der Waals surface area (Å²) < 4.78 is 6.66. The molecule has 0 radical (unpaired) electrons. The average molecular weight is 569 g/mol. The van der Waals surface area contributed by atoms with E-state index in [1.165, 1.54) is 6.20 Å². The van der Waals surface area contributed by atoms with Crippen molar-refractivity contribution < 1.29 is 19.1 Å². The second-order valence-corrected chi connectivity index (χ2v) is 10.7. The fourth-order valence-corrected chi connectivity index (χ4v) is 4.55. The molecular formula is C32H36N6O4. The van der Waals surface area contributed by atoms with Gasteiger partial charge in [-0.1, -0.05) is 91.0 Å². The maximum absolute atomic E-state index is 12.9. The number of benzene rings is 3. The predicted molar refractivity (Wildman–Crippen MR) is 162 cm³/mol. The van der Waals surface area contributed by atoms with Crippen LogP contribution in [0.3, 0.4) is 0 Å². The normalized spacial score (nSPS) is 11.3. The molecule has 4 N–H and O–H groups in total. The standard InChI is InChI=1S/C32H36N6O4/c1-31(2,3)37-30(41)42-21-20-33-28(39)29(40)35-26-22-34-38(4)27(26)36-32(23-14-8-5-9-15-23,24-16-10-6-11-17-24)25-18-12-7-13-19-25/h5-19,22,36H,20-21H2,1-4H3,(H,33,39)(H,35,40)(H,37,41). The maximum atomic E-state index is 12.9. The summed E-state index contributed by atoms with van der Waals surface area (Å²) in [5, 5.41) is 15.8. The Hall–Kier alpha value is -5.12. The molecule has 3 amide bonds. The Labute approximate surface area is 245 Å². The molecule has 0 aliphatic heterocycles. The van der Waals surface area contributed by atoms with Crippen molar-refractivity contribution in [1.82, 2.24) is 20.4 Å². The highest BCUT2D eigenvalue weighted by Crippen LogP contribution is 2.41. The highest BCUT2D eigenvalue weighted by atomic mass is 16.5. The SMILES string of the molecule is Cn1ncc(NC(=O)C(=O)NCCOC(=O)NC(C)(C)C)c1NC(c1ccccc1)(c1ccccc1)c1ccccc1. The minimum atomic E-state index is -0.880. The van der Waals surface area contributed by atoms with Crippen LogP contribution in [-0.2, 0) is 26.9 Å². The molecule has 218 valence electrons. The molecular weight excluding hydrogens is 532 g/mol. The highest BCUT2D eigenvalue weighted by Gasteiger charge is 2.38. The summed E-state index contributed by atoms with van der Waals surface area (Å²) in [5.74, 6) is -1.25. The van der Waals surface area contributed by atoms with Gasteiger partial charge in [0.15, 0.2) is 0 Å². The van der Waals surface area contributed by atoms with Gasteiger partial charge in [-0.3, -0.25) is 14.3 Å². The number of ether oxygens (including phenoxy) is 1. The van der Waals surface area contributed by atoms with Crippen LogP contribution in [0.4, 0.5) is 16.3 Å². The quantitative estimate of drug-likeness (QED) is 0.135. The Kier molecular flexibility index (Phi) is 9.26. The van der Waals surface area contributed by atoms with Gasteiger partial charge in [-0.05, 0) is 37.5 Å². The number of carbonyl (C=O) groups excluding carboxylic acids is 3. The van der Waals surface area contributed by atoms with Crippen LogP contribution in [0.15, 0.2) is 97.2 Å². The van der Waals surface area contributed by atoms with Crippen LogP contribution in [0.1, 0.15) is 37.5 Å². The first kappa shape index (κ1) is 29.9. The molecule has 0 saturated carbocycles. The first-order valence-electron chi connectivity index (χ1n) is 13.6. The van der Waals surface area contributed by atoms with E-state index in [9.17, 15) is 14.4 Å². The minimum Gasteiger partial charge on any atom is -0.448 e. The maximum Gasteiger partial charge on any atom is 0.407 e. The number of hydrogen-bond donors (Lipinski definition) is 4. The van der Waals surface area contributed by atoms with Gasteiger partial charge in [0.2, 0.25) is 0 Å². The van der Waals surface area contributed by atoms with Gasteiger partial charge in [0.05, 0.1) is 12.7 Å². The lowest BCUT2D eigenvalue weighted by Gasteiger charge is -2.38. The van der Waals surface area contributed by atoms with Gasteiger partial charge in [0.1, 0.15) is 23.7 Å². The van der Waals surface area contributed by atoms with Crippen LogP contribution in [0.25, 0.3) is 0 Å². The van der Waals surface area contributed by atoms with E-state index in [0.29, 0.717) is 11.5 Å². The van der Waals surface area contributed by atoms with Crippen LogP contribution in [-0.4, -0.2) is 46.4 Å². The van der Waals surface area contributed by atoms with Crippen molar-refractivity contribution in [3.05, 3.63) is 114 Å². The lowest BCUT2D eigenvalue weighted by Crippen LogP contribution is -2.42. The number of anilines is 2. The van der Waals surface area contributed by atoms with Crippen molar-refractivity contribution in [3.63, 3.8) is 0 Å². The Morgan fingerprint density at radius 2 is 1.29 bits per heavy atom. The zero-order valence-corrected chi connectivity index (χ0v) is 24.2. The van der Waals surface area contributed by atoms with E-state index in [0.717, 1.165) is 16.7 Å². The zero-order chi connectivity index (χ0) is 30.2. The molecule has 10 heteroatoms. The van der Waals surface area contributed by atoms with Crippen LogP contribution in [0.5, 0.6) is 0 Å². The van der Waals surface area contributed by atoms with Crippen molar-refractivity contribution in [2.24, 2.45) is 7.05 Å². The van der Waals surface area contributed by atoms with Gasteiger partial charge in [-0.15, -0.1) is 0 Å². The fourth-order valence-electron chi connectivity index (χ4n) is 4.55. The number of aryl methyl sites for hydroxylation is 1. The minimum absolute atomic E-state index is 0.0267. The molecule has 0 aliphatic rings. The highest BCUT2D eigenvalue weighted by molar-refractivity contribution is 6.39. The van der Waals surface area contributed by atoms with E-state index in [1.54, 1.807) is 11.7 Å². The van der Waals surface area contributed by atoms with E-state index in [-0.39, 0.29) is 13.2 Å². The van der Waals surface area contributed by atoms with Crippen molar-refractivity contribution in [3.8, 4) is 0 Å². The number of amides is 3. The van der Waals surface area contributed by atoms with Crippen molar-refractivity contribution in [1.29, 1.82) is 0 Å². The molecule has 4 rings (SSSR count). The van der Waals surface area contributed by atoms with Crippen LogP contribution < -0.4 is 21.3 Å². The summed E-state index contributed by atoms with van der Waals surface area (Å²) in [4.78, 5) is 37.2. The molecule has 0 spiro atoms. The number of carbonyl (C=O) groups is 3. The molecule has 4 aromatic rings. The van der Waals surface area contributed by atoms with E-state index in [1.807, 2.05) is 112 Å². The van der Waals surface area contributed by atoms with E-state index in [2.05, 4.69) is 26.4 Å². The third-order valence-electron chi connectivity index (χ3n) is 6.42. The number of nitrogens with zero attached hydrogens (tertiary/aromatic N) is 2. The molecule has 1 aromatic heterocycles. The summed E-state index contributed by atoms with van der Waals surface area (Å²) in [7, 11) is 1.75. The van der Waals surface area contributed by atoms with Gasteiger partial charge in [-0.2, -0.15) is 5.10 Å². The number of aromatic nitrogens is 2. The lowest BCUT2D eigenvalue weighted by atomic mass is 9.77. The van der Waals surface area contributed by atoms with Crippen molar-refractivity contribution in [2.75, 3.05) is 23.8 Å². The summed E-state index contributed by atoms with van der Waals surface area (Å²) in [6.07, 6.45) is 0.880. The van der Waals surface area contributed by atoms with E-state index < -0.39 is 29.0 Å². The first-order valence-corrected chi connectivity index (χ1v) is 13.6. The Balaban J connectivity index is 1.57. The molecule has 42 heavy (non-hydrogen) atoms. The van der Waals surface area contributed by atoms with Gasteiger partial charge in [-0.25, -0.2) is 4.79 Å². The van der Waals surface area contributed by atoms with Gasteiger partial charge >= 0.3 is 17.9 Å². The average Bonchev–Trinajstić information content (AvgIpc) is 3.32. The first-order chi connectivity index (χ1) is 20.1. The van der Waals surface area contributed by atoms with Crippen molar-refractivity contribution in [2.45, 2.75) is 31.8 Å². The van der Waals surface area contributed by atoms with Gasteiger partial charge < -0.3 is 26.0 Å². The predicted octanol–water partition coefficient (Wildman–Crippen LogP) is 4.40. The Bertz CT molecular complexity index is 1400. The summed E-state index contributed by atoms with van der Waals surface area (Å²) in [6.45, 7) is 5.36. The summed E-state index contributed by atoms with van der Waals surface area (Å²) in [6, 6.07) is 30.0. The molecule has 0 fully saturated rings. The third kappa shape index (κ3) is 7.14. The smallest absolute Gasteiger partial charge is 0.407 e. The second-order valence-electron chi connectivity index (χ2n) is 10.7.